The lowest BCUT2D eigenvalue weighted by Gasteiger charge is -2.01. The van der Waals surface area contributed by atoms with Crippen LogP contribution in [-0.4, -0.2) is 6.29 Å². The van der Waals surface area contributed by atoms with Crippen molar-refractivity contribution in [3.8, 4) is 0 Å². The van der Waals surface area contributed by atoms with Gasteiger partial charge in [-0.05, 0) is 6.42 Å². The fourth-order valence-corrected chi connectivity index (χ4v) is 0.871. The molecule has 1 nitrogen and oxygen atoms in total. The van der Waals surface area contributed by atoms with E-state index in [1.807, 2.05) is 0 Å². The Hall–Kier alpha value is -0.590. The molecule has 0 spiro atoms. The predicted octanol–water partition coefficient (Wildman–Crippen LogP) is 2.57. The van der Waals surface area contributed by atoms with Gasteiger partial charge in [-0.15, -0.1) is 6.58 Å². The first-order chi connectivity index (χ1) is 4.85. The molecule has 0 N–H and O–H groups in total. The average Bonchev–Trinajstić information content (AvgIpc) is 1.99. The lowest BCUT2D eigenvalue weighted by Crippen LogP contribution is -1.96. The molecule has 0 saturated heterocycles. The molecule has 0 aromatic carbocycles. The molecule has 10 heavy (non-hydrogen) atoms. The zero-order chi connectivity index (χ0) is 7.82. The quantitative estimate of drug-likeness (QED) is 0.316. The van der Waals surface area contributed by atoms with Crippen molar-refractivity contribution in [1.82, 2.24) is 0 Å². The van der Waals surface area contributed by atoms with E-state index in [2.05, 4.69) is 13.5 Å². The Morgan fingerprint density at radius 3 is 2.80 bits per heavy atom. The molecule has 0 aliphatic heterocycles. The van der Waals surface area contributed by atoms with Crippen molar-refractivity contribution >= 4 is 6.29 Å². The average molecular weight is 142 g/mol. The fourth-order valence-electron chi connectivity index (χ4n) is 0.871. The van der Waals surface area contributed by atoms with Gasteiger partial charge in [0.15, 0.2) is 0 Å². The van der Waals surface area contributed by atoms with Crippen molar-refractivity contribution in [3.05, 3.63) is 12.7 Å². The van der Waals surface area contributed by atoms with Crippen molar-refractivity contribution in [1.29, 1.82) is 0 Å². The predicted molar refractivity (Wildman–Crippen MR) is 43.9 cm³/mol. The van der Waals surface area contributed by atoms with Crippen LogP contribution in [0.4, 0.5) is 0 Å². The number of hydrogen-bond acceptors (Lipinski definition) is 1. The number of carbonyl (C=O) groups is 1. The SMILES string of the molecule is C=CC(C=O)[14CH2]CCCC. The summed E-state index contributed by atoms with van der Waals surface area (Å²) < 4.78 is 0. The van der Waals surface area contributed by atoms with E-state index in [1.165, 1.54) is 12.8 Å². The van der Waals surface area contributed by atoms with E-state index in [-0.39, 0.29) is 5.92 Å². The van der Waals surface area contributed by atoms with Crippen LogP contribution in [0, 0.1) is 5.92 Å². The molecular formula is C9H16O. The van der Waals surface area contributed by atoms with Crippen LogP contribution in [0.25, 0.3) is 0 Å². The van der Waals surface area contributed by atoms with Crippen molar-refractivity contribution in [3.63, 3.8) is 0 Å². The van der Waals surface area contributed by atoms with Crippen LogP contribution in [-0.2, 0) is 4.79 Å². The molecule has 0 aliphatic rings. The maximum Gasteiger partial charge on any atom is 0.126 e. The number of hydrogen-bond donors (Lipinski definition) is 0. The van der Waals surface area contributed by atoms with Crippen LogP contribution in [0.5, 0.6) is 0 Å². The van der Waals surface area contributed by atoms with Gasteiger partial charge < -0.3 is 4.79 Å². The van der Waals surface area contributed by atoms with Crippen LogP contribution >= 0.6 is 0 Å². The van der Waals surface area contributed by atoms with E-state index < -0.39 is 0 Å². The summed E-state index contributed by atoms with van der Waals surface area (Å²) in [5, 5.41) is 0. The minimum absolute atomic E-state index is 0.0894. The Kier molecular flexibility index (Phi) is 6.14. The Labute approximate surface area is 63.1 Å². The molecule has 1 unspecified atom stereocenters. The summed E-state index contributed by atoms with van der Waals surface area (Å²) in [5.41, 5.74) is 0. The van der Waals surface area contributed by atoms with Gasteiger partial charge in [-0.3, -0.25) is 0 Å². The Bertz CT molecular complexity index is 88.9. The summed E-state index contributed by atoms with van der Waals surface area (Å²) >= 11 is 0. The zero-order valence-corrected chi connectivity index (χ0v) is 6.68. The van der Waals surface area contributed by atoms with Gasteiger partial charge in [0.1, 0.15) is 6.29 Å². The monoisotopic (exact) mass is 142 g/mol. The lowest BCUT2D eigenvalue weighted by atomic mass is 10.3. The molecule has 0 heterocycles. The lowest BCUT2D eigenvalue weighted by molar-refractivity contribution is -0.110. The third kappa shape index (κ3) is 4.30. The van der Waals surface area contributed by atoms with Crippen LogP contribution in [0.1, 0.15) is 32.6 Å². The van der Waals surface area contributed by atoms with E-state index in [9.17, 15) is 4.79 Å². The van der Waals surface area contributed by atoms with Crippen molar-refractivity contribution in [2.45, 2.75) is 32.6 Å². The molecule has 1 heteroatoms. The molecule has 1 atom stereocenters. The minimum Gasteiger partial charge on any atom is -0.303 e. The third-order valence-electron chi connectivity index (χ3n) is 1.62. The molecule has 58 valence electrons. The third-order valence-corrected chi connectivity index (χ3v) is 1.62. The van der Waals surface area contributed by atoms with Gasteiger partial charge in [0.25, 0.3) is 0 Å². The van der Waals surface area contributed by atoms with Gasteiger partial charge in [-0.25, -0.2) is 0 Å². The highest BCUT2D eigenvalue weighted by atomic mass is 16.1. The molecular weight excluding hydrogens is 126 g/mol. The highest BCUT2D eigenvalue weighted by Crippen LogP contribution is 2.07. The minimum atomic E-state index is 0.0894. The van der Waals surface area contributed by atoms with Crippen LogP contribution in [0.2, 0.25) is 0 Å². The Morgan fingerprint density at radius 1 is 1.70 bits per heavy atom. The van der Waals surface area contributed by atoms with E-state index in [4.69, 9.17) is 0 Å². The molecule has 0 aromatic rings. The topological polar surface area (TPSA) is 17.1 Å². The highest BCUT2D eigenvalue weighted by molar-refractivity contribution is 5.56. The summed E-state index contributed by atoms with van der Waals surface area (Å²) in [6.07, 6.45) is 7.25. The van der Waals surface area contributed by atoms with Gasteiger partial charge in [0.2, 0.25) is 0 Å². The number of unbranched alkanes of at least 4 members (excludes halogenated alkanes) is 2. The van der Waals surface area contributed by atoms with Gasteiger partial charge in [-0.2, -0.15) is 0 Å². The maximum absolute atomic E-state index is 10.3. The summed E-state index contributed by atoms with van der Waals surface area (Å²) in [4.78, 5) is 10.3. The molecule has 0 aromatic heterocycles. The van der Waals surface area contributed by atoms with E-state index >= 15 is 0 Å². The van der Waals surface area contributed by atoms with Crippen LogP contribution < -0.4 is 0 Å². The summed E-state index contributed by atoms with van der Waals surface area (Å²) in [7, 11) is 0. The Morgan fingerprint density at radius 2 is 2.40 bits per heavy atom. The molecule has 0 aliphatic carbocycles. The first kappa shape index (κ1) is 9.41. The summed E-state index contributed by atoms with van der Waals surface area (Å²) in [6.45, 7) is 5.74. The van der Waals surface area contributed by atoms with Crippen LogP contribution in [0.3, 0.4) is 0 Å². The van der Waals surface area contributed by atoms with E-state index in [0.717, 1.165) is 19.1 Å². The van der Waals surface area contributed by atoms with E-state index in [0.29, 0.717) is 0 Å². The molecule has 0 amide bonds. The standard InChI is InChI=1S/C9H16O/c1-3-5-6-7-9(4-2)8-10/h4,8-9H,2-3,5-7H2,1H3/i7+2. The second kappa shape index (κ2) is 6.53. The number of aldehydes is 1. The van der Waals surface area contributed by atoms with Crippen LogP contribution in [0.15, 0.2) is 12.7 Å². The largest absolute Gasteiger partial charge is 0.303 e. The highest BCUT2D eigenvalue weighted by Gasteiger charge is 1.99. The smallest absolute Gasteiger partial charge is 0.126 e. The van der Waals surface area contributed by atoms with Crippen molar-refractivity contribution in [2.24, 2.45) is 5.92 Å². The first-order valence-electron chi connectivity index (χ1n) is 3.93. The second-order valence-corrected chi connectivity index (χ2v) is 2.53. The van der Waals surface area contributed by atoms with Gasteiger partial charge in [0.05, 0.1) is 0 Å². The van der Waals surface area contributed by atoms with Gasteiger partial charge in [0, 0.05) is 5.92 Å². The molecule has 0 rings (SSSR count). The second-order valence-electron chi connectivity index (χ2n) is 2.53. The zero-order valence-electron chi connectivity index (χ0n) is 6.68. The number of rotatable bonds is 6. The molecule has 0 fully saturated rings. The first-order valence-corrected chi connectivity index (χ1v) is 3.93. The maximum atomic E-state index is 10.3. The van der Waals surface area contributed by atoms with Crippen molar-refractivity contribution < 1.29 is 4.79 Å². The summed E-state index contributed by atoms with van der Waals surface area (Å²) in [5.74, 6) is 0.0894. The summed E-state index contributed by atoms with van der Waals surface area (Å²) in [6, 6.07) is 0. The molecule has 0 bridgehead atoms. The van der Waals surface area contributed by atoms with Crippen molar-refractivity contribution in [2.75, 3.05) is 0 Å². The van der Waals surface area contributed by atoms with E-state index in [1.54, 1.807) is 6.08 Å². The molecule has 0 radical (unpaired) electrons. The normalized spacial score (nSPS) is 12.5. The fraction of sp³-hybridized carbons (Fsp3) is 0.667. The molecule has 0 saturated carbocycles. The number of allylic oxidation sites excluding steroid dienone is 1. The Balaban J connectivity index is 3.25. The van der Waals surface area contributed by atoms with Gasteiger partial charge in [-0.1, -0.05) is 32.3 Å². The van der Waals surface area contributed by atoms with Gasteiger partial charge >= 0.3 is 0 Å². The number of carbonyl (C=O) groups excluding carboxylic acids is 1.